The van der Waals surface area contributed by atoms with Crippen LogP contribution < -0.4 is 4.74 Å². The molecule has 1 aromatic heterocycles. The van der Waals surface area contributed by atoms with Crippen LogP contribution in [0.25, 0.3) is 10.9 Å². The lowest BCUT2D eigenvalue weighted by molar-refractivity contribution is 0.0594. The van der Waals surface area contributed by atoms with Gasteiger partial charge in [-0.25, -0.2) is 9.78 Å². The minimum atomic E-state index is -0.455. The molecule has 0 radical (unpaired) electrons. The van der Waals surface area contributed by atoms with Gasteiger partial charge in [0, 0.05) is 11.5 Å². The summed E-state index contributed by atoms with van der Waals surface area (Å²) in [5, 5.41) is 0.933. The van der Waals surface area contributed by atoms with Crippen molar-refractivity contribution in [2.75, 3.05) is 13.7 Å². The normalized spacial score (nSPS) is 12.2. The molecule has 0 spiro atoms. The average molecular weight is 287 g/mol. The molecule has 0 aliphatic heterocycles. The maximum absolute atomic E-state index is 11.7. The molecule has 0 fully saturated rings. The first-order chi connectivity index (χ1) is 10.1. The number of nitrogens with zero attached hydrogens (tertiary/aromatic N) is 1. The molecule has 0 amide bonds. The average Bonchev–Trinajstić information content (AvgIpc) is 2.53. The SMILES string of the molecule is CCOc1cc(C(=O)OC)nc2ccc(C(C)CC)cc12. The maximum atomic E-state index is 11.7. The molecule has 0 aliphatic rings. The number of fused-ring (bicyclic) bond motifs is 1. The number of benzene rings is 1. The van der Waals surface area contributed by atoms with E-state index in [0.717, 1.165) is 17.3 Å². The van der Waals surface area contributed by atoms with Crippen LogP contribution in [0.3, 0.4) is 0 Å². The topological polar surface area (TPSA) is 48.4 Å². The lowest BCUT2D eigenvalue weighted by Gasteiger charge is -2.13. The van der Waals surface area contributed by atoms with Crippen molar-refractivity contribution in [3.05, 3.63) is 35.5 Å². The van der Waals surface area contributed by atoms with Crippen molar-refractivity contribution in [1.29, 1.82) is 0 Å². The summed E-state index contributed by atoms with van der Waals surface area (Å²) < 4.78 is 10.4. The molecule has 0 bridgehead atoms. The van der Waals surface area contributed by atoms with Gasteiger partial charge in [-0.1, -0.05) is 19.9 Å². The number of ether oxygens (including phenoxy) is 2. The Hall–Kier alpha value is -2.10. The second kappa shape index (κ2) is 6.57. The van der Waals surface area contributed by atoms with E-state index in [1.165, 1.54) is 12.7 Å². The Morgan fingerprint density at radius 2 is 2.05 bits per heavy atom. The van der Waals surface area contributed by atoms with Crippen molar-refractivity contribution in [2.45, 2.75) is 33.1 Å². The van der Waals surface area contributed by atoms with Gasteiger partial charge in [0.05, 0.1) is 19.2 Å². The van der Waals surface area contributed by atoms with Crippen LogP contribution in [-0.4, -0.2) is 24.7 Å². The summed E-state index contributed by atoms with van der Waals surface area (Å²) in [4.78, 5) is 16.1. The molecule has 0 saturated heterocycles. The van der Waals surface area contributed by atoms with Crippen LogP contribution in [0.1, 0.15) is 49.2 Å². The molecule has 4 nitrogen and oxygen atoms in total. The molecular formula is C17H21NO3. The lowest BCUT2D eigenvalue weighted by atomic mass is 9.97. The molecule has 0 N–H and O–H groups in total. The van der Waals surface area contributed by atoms with Crippen molar-refractivity contribution in [3.63, 3.8) is 0 Å². The van der Waals surface area contributed by atoms with E-state index in [1.807, 2.05) is 13.0 Å². The third-order valence-corrected chi connectivity index (χ3v) is 3.67. The molecule has 0 aliphatic carbocycles. The Morgan fingerprint density at radius 1 is 1.29 bits per heavy atom. The van der Waals surface area contributed by atoms with Crippen molar-refractivity contribution >= 4 is 16.9 Å². The summed E-state index contributed by atoms with van der Waals surface area (Å²) >= 11 is 0. The molecule has 1 aromatic carbocycles. The summed E-state index contributed by atoms with van der Waals surface area (Å²) in [6, 6.07) is 7.74. The van der Waals surface area contributed by atoms with Gasteiger partial charge < -0.3 is 9.47 Å². The van der Waals surface area contributed by atoms with Crippen LogP contribution >= 0.6 is 0 Å². The van der Waals surface area contributed by atoms with E-state index in [0.29, 0.717) is 18.3 Å². The van der Waals surface area contributed by atoms with Crippen LogP contribution in [-0.2, 0) is 4.74 Å². The Bertz CT molecular complexity index is 652. The third kappa shape index (κ3) is 3.15. The summed E-state index contributed by atoms with van der Waals surface area (Å²) in [6.45, 7) is 6.81. The van der Waals surface area contributed by atoms with Gasteiger partial charge in [-0.2, -0.15) is 0 Å². The number of pyridine rings is 1. The van der Waals surface area contributed by atoms with Crippen molar-refractivity contribution in [3.8, 4) is 5.75 Å². The monoisotopic (exact) mass is 287 g/mol. The molecule has 1 heterocycles. The number of esters is 1. The Balaban J connectivity index is 2.61. The van der Waals surface area contributed by atoms with Gasteiger partial charge in [0.2, 0.25) is 0 Å². The second-order valence-corrected chi connectivity index (χ2v) is 5.02. The Morgan fingerprint density at radius 3 is 2.67 bits per heavy atom. The smallest absolute Gasteiger partial charge is 0.356 e. The number of aromatic nitrogens is 1. The predicted octanol–water partition coefficient (Wildman–Crippen LogP) is 3.93. The fourth-order valence-electron chi connectivity index (χ4n) is 2.24. The number of carbonyl (C=O) groups is 1. The lowest BCUT2D eigenvalue weighted by Crippen LogP contribution is -2.06. The van der Waals surface area contributed by atoms with Crippen molar-refractivity contribution in [2.24, 2.45) is 0 Å². The van der Waals surface area contributed by atoms with Crippen molar-refractivity contribution < 1.29 is 14.3 Å². The van der Waals surface area contributed by atoms with E-state index >= 15 is 0 Å². The van der Waals surface area contributed by atoms with Crippen LogP contribution in [0.4, 0.5) is 0 Å². The largest absolute Gasteiger partial charge is 0.493 e. The standard InChI is InChI=1S/C17H21NO3/c1-5-11(3)12-7-8-14-13(9-12)16(21-6-2)10-15(18-14)17(19)20-4/h7-11H,5-6H2,1-4H3. The molecule has 21 heavy (non-hydrogen) atoms. The molecule has 0 saturated carbocycles. The summed E-state index contributed by atoms with van der Waals surface area (Å²) in [5.41, 5.74) is 2.26. The van der Waals surface area contributed by atoms with Gasteiger partial charge in [0.25, 0.3) is 0 Å². The quantitative estimate of drug-likeness (QED) is 0.782. The van der Waals surface area contributed by atoms with Crippen LogP contribution in [0, 0.1) is 0 Å². The van der Waals surface area contributed by atoms with Crippen LogP contribution in [0.5, 0.6) is 5.75 Å². The molecule has 2 rings (SSSR count). The maximum Gasteiger partial charge on any atom is 0.356 e. The van der Waals surface area contributed by atoms with Gasteiger partial charge in [-0.05, 0) is 37.0 Å². The number of hydrogen-bond donors (Lipinski definition) is 0. The molecule has 2 aromatic rings. The van der Waals surface area contributed by atoms with E-state index in [4.69, 9.17) is 9.47 Å². The van der Waals surface area contributed by atoms with Crippen LogP contribution in [0.2, 0.25) is 0 Å². The zero-order chi connectivity index (χ0) is 15.4. The van der Waals surface area contributed by atoms with E-state index in [2.05, 4.69) is 31.0 Å². The summed E-state index contributed by atoms with van der Waals surface area (Å²) in [5.74, 6) is 0.695. The zero-order valence-corrected chi connectivity index (χ0v) is 13.0. The highest BCUT2D eigenvalue weighted by molar-refractivity contribution is 5.94. The first-order valence-corrected chi connectivity index (χ1v) is 7.26. The summed E-state index contributed by atoms with van der Waals surface area (Å²) in [6.07, 6.45) is 1.07. The van der Waals surface area contributed by atoms with Gasteiger partial charge in [-0.3, -0.25) is 0 Å². The Kier molecular flexibility index (Phi) is 4.78. The fourth-order valence-corrected chi connectivity index (χ4v) is 2.24. The second-order valence-electron chi connectivity index (χ2n) is 5.02. The van der Waals surface area contributed by atoms with Crippen molar-refractivity contribution in [1.82, 2.24) is 4.98 Å². The predicted molar refractivity (Wildman–Crippen MR) is 83.0 cm³/mol. The minimum absolute atomic E-state index is 0.268. The van der Waals surface area contributed by atoms with Gasteiger partial charge >= 0.3 is 5.97 Å². The number of methoxy groups -OCH3 is 1. The van der Waals surface area contributed by atoms with E-state index < -0.39 is 5.97 Å². The number of carbonyl (C=O) groups excluding carboxylic acids is 1. The minimum Gasteiger partial charge on any atom is -0.493 e. The van der Waals surface area contributed by atoms with Gasteiger partial charge in [0.15, 0.2) is 5.69 Å². The number of rotatable bonds is 5. The molecule has 1 unspecified atom stereocenters. The molecule has 4 heteroatoms. The highest BCUT2D eigenvalue weighted by Crippen LogP contribution is 2.30. The van der Waals surface area contributed by atoms with Crippen LogP contribution in [0.15, 0.2) is 24.3 Å². The third-order valence-electron chi connectivity index (χ3n) is 3.67. The Labute approximate surface area is 125 Å². The summed E-state index contributed by atoms with van der Waals surface area (Å²) in [7, 11) is 1.35. The highest BCUT2D eigenvalue weighted by Gasteiger charge is 2.14. The zero-order valence-electron chi connectivity index (χ0n) is 13.0. The van der Waals surface area contributed by atoms with E-state index in [9.17, 15) is 4.79 Å². The van der Waals surface area contributed by atoms with E-state index in [-0.39, 0.29) is 5.69 Å². The van der Waals surface area contributed by atoms with Gasteiger partial charge in [0.1, 0.15) is 5.75 Å². The highest BCUT2D eigenvalue weighted by atomic mass is 16.5. The van der Waals surface area contributed by atoms with Gasteiger partial charge in [-0.15, -0.1) is 0 Å². The molecule has 112 valence electrons. The molecular weight excluding hydrogens is 266 g/mol. The first-order valence-electron chi connectivity index (χ1n) is 7.26. The first kappa shape index (κ1) is 15.3. The molecule has 1 atom stereocenters. The number of hydrogen-bond acceptors (Lipinski definition) is 4. The van der Waals surface area contributed by atoms with E-state index in [1.54, 1.807) is 6.07 Å². The fraction of sp³-hybridized carbons (Fsp3) is 0.412.